The average Bonchev–Trinajstić information content (AvgIpc) is 3.27. The Labute approximate surface area is 200 Å². The molecule has 0 N–H and O–H groups in total. The minimum atomic E-state index is -0.643. The molecule has 1 aliphatic heterocycles. The van der Waals surface area contributed by atoms with E-state index in [4.69, 9.17) is 21.1 Å². The first-order valence-corrected chi connectivity index (χ1v) is 12.0. The number of rotatable bonds is 7. The first-order valence-electron chi connectivity index (χ1n) is 11.6. The second kappa shape index (κ2) is 9.61. The van der Waals surface area contributed by atoms with E-state index >= 15 is 0 Å². The molecule has 1 saturated carbocycles. The molecule has 8 heteroatoms. The van der Waals surface area contributed by atoms with Gasteiger partial charge in [-0.3, -0.25) is 14.4 Å². The number of carbonyl (C=O) groups is 4. The largest absolute Gasteiger partial charge is 0.465 e. The van der Waals surface area contributed by atoms with Gasteiger partial charge in [0.1, 0.15) is 11.3 Å². The highest BCUT2D eigenvalue weighted by Gasteiger charge is 2.39. The molecule has 0 radical (unpaired) electrons. The first kappa shape index (κ1) is 25.5. The summed E-state index contributed by atoms with van der Waals surface area (Å²) in [5.41, 5.74) is 0.159. The number of fused-ring (bicyclic) bond motifs is 1. The summed E-state index contributed by atoms with van der Waals surface area (Å²) < 4.78 is 12.0. The van der Waals surface area contributed by atoms with Gasteiger partial charge in [0.15, 0.2) is 0 Å². The molecule has 7 nitrogen and oxygen atoms in total. The summed E-state index contributed by atoms with van der Waals surface area (Å²) >= 11 is 6.41. The highest BCUT2D eigenvalue weighted by atomic mass is 35.5. The maximum Gasteiger partial charge on any atom is 0.341 e. The second-order valence-corrected chi connectivity index (χ2v) is 11.1. The van der Waals surface area contributed by atoms with Gasteiger partial charge in [-0.05, 0) is 70.6 Å². The van der Waals surface area contributed by atoms with Crippen LogP contribution in [0.25, 0.3) is 0 Å². The van der Waals surface area contributed by atoms with Crippen LogP contribution in [0.4, 0.5) is 0 Å². The SMILES string of the molecule is COC(=O)c1c(Cl)c(C(=O)C(=O)CC2(C)CCC(CC(=O)OC(C)(C)C)CC2)n2c1CCC2. The molecule has 0 aromatic carbocycles. The molecule has 2 heterocycles. The van der Waals surface area contributed by atoms with Gasteiger partial charge in [-0.25, -0.2) is 4.79 Å². The normalized spacial score (nSPS) is 22.5. The minimum Gasteiger partial charge on any atom is -0.465 e. The van der Waals surface area contributed by atoms with Crippen molar-refractivity contribution in [2.75, 3.05) is 7.11 Å². The molecule has 1 aromatic heterocycles. The summed E-state index contributed by atoms with van der Waals surface area (Å²) in [6.45, 7) is 8.13. The van der Waals surface area contributed by atoms with Crippen molar-refractivity contribution in [1.29, 1.82) is 0 Å². The molecule has 3 rings (SSSR count). The Kier molecular flexibility index (Phi) is 7.42. The Morgan fingerprint density at radius 2 is 1.79 bits per heavy atom. The summed E-state index contributed by atoms with van der Waals surface area (Å²) in [4.78, 5) is 50.5. The van der Waals surface area contributed by atoms with Crippen molar-refractivity contribution < 1.29 is 28.7 Å². The number of ketones is 2. The maximum atomic E-state index is 13.1. The summed E-state index contributed by atoms with van der Waals surface area (Å²) in [6.07, 6.45) is 5.03. The number of halogens is 1. The number of Topliss-reactive ketones (excluding diaryl/α,β-unsaturated/α-hetero) is 2. The monoisotopic (exact) mass is 479 g/mol. The number of nitrogens with zero attached hydrogens (tertiary/aromatic N) is 1. The molecule has 182 valence electrons. The van der Waals surface area contributed by atoms with Gasteiger partial charge < -0.3 is 14.0 Å². The summed E-state index contributed by atoms with van der Waals surface area (Å²) in [5, 5.41) is 0.0149. The van der Waals surface area contributed by atoms with E-state index in [-0.39, 0.29) is 40.0 Å². The predicted octanol–water partition coefficient (Wildman–Crippen LogP) is 4.94. The molecule has 0 saturated heterocycles. The van der Waals surface area contributed by atoms with E-state index in [0.717, 1.165) is 32.1 Å². The number of esters is 2. The minimum absolute atomic E-state index is 0.0149. The lowest BCUT2D eigenvalue weighted by atomic mass is 9.68. The summed E-state index contributed by atoms with van der Waals surface area (Å²) in [7, 11) is 1.27. The summed E-state index contributed by atoms with van der Waals surface area (Å²) in [5.74, 6) is -1.69. The first-order chi connectivity index (χ1) is 15.3. The van der Waals surface area contributed by atoms with Crippen LogP contribution < -0.4 is 0 Å². The van der Waals surface area contributed by atoms with Crippen LogP contribution in [0.15, 0.2) is 0 Å². The lowest BCUT2D eigenvalue weighted by molar-refractivity contribution is -0.156. The highest BCUT2D eigenvalue weighted by Crippen LogP contribution is 2.43. The van der Waals surface area contributed by atoms with Crippen LogP contribution in [0, 0.1) is 11.3 Å². The van der Waals surface area contributed by atoms with Gasteiger partial charge in [0, 0.05) is 25.1 Å². The van der Waals surface area contributed by atoms with Crippen molar-refractivity contribution in [3.63, 3.8) is 0 Å². The Balaban J connectivity index is 1.65. The number of hydrogen-bond donors (Lipinski definition) is 0. The van der Waals surface area contributed by atoms with Gasteiger partial charge in [-0.2, -0.15) is 0 Å². The van der Waals surface area contributed by atoms with Crippen LogP contribution in [0.5, 0.6) is 0 Å². The number of carbonyl (C=O) groups excluding carboxylic acids is 4. The van der Waals surface area contributed by atoms with Crippen molar-refractivity contribution in [3.8, 4) is 0 Å². The van der Waals surface area contributed by atoms with Gasteiger partial charge >= 0.3 is 11.9 Å². The van der Waals surface area contributed by atoms with Gasteiger partial charge in [-0.1, -0.05) is 18.5 Å². The quantitative estimate of drug-likeness (QED) is 0.312. The number of methoxy groups -OCH3 is 1. The molecule has 0 spiro atoms. The topological polar surface area (TPSA) is 91.7 Å². The fourth-order valence-electron chi connectivity index (χ4n) is 5.05. The van der Waals surface area contributed by atoms with Crippen LogP contribution in [-0.4, -0.2) is 40.8 Å². The zero-order valence-electron chi connectivity index (χ0n) is 20.2. The Bertz CT molecular complexity index is 963. The molecular formula is C25H34ClNO6. The molecule has 1 fully saturated rings. The number of hydrogen-bond acceptors (Lipinski definition) is 6. The molecule has 0 atom stereocenters. The fourth-order valence-corrected chi connectivity index (χ4v) is 5.42. The van der Waals surface area contributed by atoms with E-state index in [2.05, 4.69) is 0 Å². The zero-order valence-corrected chi connectivity index (χ0v) is 21.0. The molecule has 33 heavy (non-hydrogen) atoms. The number of ether oxygens (including phenoxy) is 2. The smallest absolute Gasteiger partial charge is 0.341 e. The van der Waals surface area contributed by atoms with E-state index in [9.17, 15) is 19.2 Å². The molecule has 1 aliphatic carbocycles. The third kappa shape index (κ3) is 5.68. The Morgan fingerprint density at radius 1 is 1.15 bits per heavy atom. The van der Waals surface area contributed by atoms with Gasteiger partial charge in [0.2, 0.25) is 11.6 Å². The lowest BCUT2D eigenvalue weighted by Crippen LogP contribution is -2.32. The predicted molar refractivity (Wildman–Crippen MR) is 124 cm³/mol. The van der Waals surface area contributed by atoms with Crippen LogP contribution in [0.1, 0.15) is 99.2 Å². The van der Waals surface area contributed by atoms with Crippen LogP contribution in [0.3, 0.4) is 0 Å². The maximum absolute atomic E-state index is 13.1. The van der Waals surface area contributed by atoms with E-state index in [1.807, 2.05) is 27.7 Å². The van der Waals surface area contributed by atoms with Gasteiger partial charge in [-0.15, -0.1) is 0 Å². The third-order valence-electron chi connectivity index (χ3n) is 6.74. The van der Waals surface area contributed by atoms with E-state index < -0.39 is 23.1 Å². The van der Waals surface area contributed by atoms with Crippen LogP contribution in [0.2, 0.25) is 5.02 Å². The Morgan fingerprint density at radius 3 is 2.36 bits per heavy atom. The molecular weight excluding hydrogens is 446 g/mol. The van der Waals surface area contributed by atoms with E-state index in [1.54, 1.807) is 4.57 Å². The van der Waals surface area contributed by atoms with Crippen molar-refractivity contribution in [1.82, 2.24) is 4.57 Å². The van der Waals surface area contributed by atoms with Gasteiger partial charge in [0.05, 0.1) is 17.7 Å². The molecule has 0 bridgehead atoms. The van der Waals surface area contributed by atoms with E-state index in [0.29, 0.717) is 25.1 Å². The highest BCUT2D eigenvalue weighted by molar-refractivity contribution is 6.48. The van der Waals surface area contributed by atoms with Crippen molar-refractivity contribution in [2.24, 2.45) is 11.3 Å². The van der Waals surface area contributed by atoms with Gasteiger partial charge in [0.25, 0.3) is 0 Å². The molecule has 0 amide bonds. The van der Waals surface area contributed by atoms with Crippen LogP contribution >= 0.6 is 11.6 Å². The molecule has 0 unspecified atom stereocenters. The molecule has 1 aromatic rings. The standard InChI is InChI=1S/C25H34ClNO6/c1-24(2,3)33-18(29)13-15-8-10-25(4,11-9-15)14-17(28)22(30)21-20(26)19(23(31)32-5)16-7-6-12-27(16)21/h15H,6-14H2,1-5H3. The van der Waals surface area contributed by atoms with Crippen molar-refractivity contribution in [2.45, 2.75) is 91.2 Å². The van der Waals surface area contributed by atoms with Crippen LogP contribution in [-0.2, 0) is 32.0 Å². The average molecular weight is 480 g/mol. The lowest BCUT2D eigenvalue weighted by Gasteiger charge is -2.36. The fraction of sp³-hybridized carbons (Fsp3) is 0.680. The summed E-state index contributed by atoms with van der Waals surface area (Å²) in [6, 6.07) is 0. The van der Waals surface area contributed by atoms with Crippen molar-refractivity contribution in [3.05, 3.63) is 22.0 Å². The number of aromatic nitrogens is 1. The second-order valence-electron chi connectivity index (χ2n) is 10.7. The zero-order chi connectivity index (χ0) is 24.6. The Hall–Kier alpha value is -2.15. The van der Waals surface area contributed by atoms with Crippen molar-refractivity contribution >= 4 is 35.1 Å². The third-order valence-corrected chi connectivity index (χ3v) is 7.11. The van der Waals surface area contributed by atoms with E-state index in [1.165, 1.54) is 7.11 Å². The molecule has 2 aliphatic rings.